The zero-order chi connectivity index (χ0) is 19.6. The van der Waals surface area contributed by atoms with Crippen molar-refractivity contribution in [3.05, 3.63) is 39.8 Å². The van der Waals surface area contributed by atoms with Crippen LogP contribution in [0.1, 0.15) is 18.4 Å². The zero-order valence-corrected chi connectivity index (χ0v) is 16.6. The van der Waals surface area contributed by atoms with E-state index < -0.39 is 27.0 Å². The molecule has 3 rings (SSSR count). The molecule has 1 aromatic rings. The molecule has 1 N–H and O–H groups in total. The standard InChI is InChI=1S/C17H17ClN2O5S2/c18-12-3-1-11(2-4-12)9-14-16(22)20(17(23)26-14)7-5-15(21)19-13-6-8-27(24,25)10-13/h1-4,9,13H,5-8,10H2,(H,19,21)/b14-9-/t13-/m0/s1. The van der Waals surface area contributed by atoms with Crippen molar-refractivity contribution in [3.63, 3.8) is 0 Å². The second kappa shape index (κ2) is 8.04. The largest absolute Gasteiger partial charge is 0.352 e. The molecule has 27 heavy (non-hydrogen) atoms. The van der Waals surface area contributed by atoms with Crippen LogP contribution < -0.4 is 5.32 Å². The monoisotopic (exact) mass is 428 g/mol. The summed E-state index contributed by atoms with van der Waals surface area (Å²) in [5.74, 6) is -0.824. The van der Waals surface area contributed by atoms with E-state index in [2.05, 4.69) is 5.32 Å². The number of carbonyl (C=O) groups excluding carboxylic acids is 3. The van der Waals surface area contributed by atoms with Crippen LogP contribution in [0.4, 0.5) is 4.79 Å². The van der Waals surface area contributed by atoms with Crippen LogP contribution in [0.25, 0.3) is 6.08 Å². The van der Waals surface area contributed by atoms with E-state index in [9.17, 15) is 22.8 Å². The van der Waals surface area contributed by atoms with Gasteiger partial charge in [-0.3, -0.25) is 19.3 Å². The van der Waals surface area contributed by atoms with Gasteiger partial charge in [-0.25, -0.2) is 8.42 Å². The Labute approximate surface area is 166 Å². The van der Waals surface area contributed by atoms with E-state index in [0.717, 1.165) is 22.2 Å². The lowest BCUT2D eigenvalue weighted by Crippen LogP contribution is -2.38. The number of nitrogens with zero attached hydrogens (tertiary/aromatic N) is 1. The first-order valence-corrected chi connectivity index (χ1v) is 11.3. The molecule has 0 spiro atoms. The van der Waals surface area contributed by atoms with Crippen LogP contribution >= 0.6 is 23.4 Å². The highest BCUT2D eigenvalue weighted by molar-refractivity contribution is 8.18. The Hall–Kier alpha value is -1.84. The molecule has 144 valence electrons. The van der Waals surface area contributed by atoms with E-state index >= 15 is 0 Å². The summed E-state index contributed by atoms with van der Waals surface area (Å²) in [6.07, 6.45) is 1.92. The molecule has 0 aromatic heterocycles. The van der Waals surface area contributed by atoms with Gasteiger partial charge < -0.3 is 5.32 Å². The van der Waals surface area contributed by atoms with Crippen LogP contribution in [0.15, 0.2) is 29.2 Å². The summed E-state index contributed by atoms with van der Waals surface area (Å²) >= 11 is 6.64. The second-order valence-electron chi connectivity index (χ2n) is 6.30. The molecule has 2 aliphatic heterocycles. The smallest absolute Gasteiger partial charge is 0.293 e. The number of sulfone groups is 1. The molecule has 0 aliphatic carbocycles. The molecular formula is C17H17ClN2O5S2. The lowest BCUT2D eigenvalue weighted by Gasteiger charge is -2.14. The molecule has 7 nitrogen and oxygen atoms in total. The Kier molecular flexibility index (Phi) is 5.92. The van der Waals surface area contributed by atoms with Crippen molar-refractivity contribution in [2.75, 3.05) is 18.1 Å². The summed E-state index contributed by atoms with van der Waals surface area (Å²) in [6, 6.07) is 6.44. The fourth-order valence-corrected chi connectivity index (χ4v) is 5.49. The van der Waals surface area contributed by atoms with Gasteiger partial charge in [-0.15, -0.1) is 0 Å². The highest BCUT2D eigenvalue weighted by Crippen LogP contribution is 2.32. The minimum absolute atomic E-state index is 0.0477. The van der Waals surface area contributed by atoms with Crippen LogP contribution in [-0.4, -0.2) is 54.5 Å². The Morgan fingerprint density at radius 3 is 2.63 bits per heavy atom. The number of imide groups is 1. The molecule has 3 amide bonds. The lowest BCUT2D eigenvalue weighted by molar-refractivity contribution is -0.124. The van der Waals surface area contributed by atoms with E-state index in [1.165, 1.54) is 0 Å². The summed E-state index contributed by atoms with van der Waals surface area (Å²) in [5.41, 5.74) is 0.741. The van der Waals surface area contributed by atoms with Gasteiger partial charge in [-0.05, 0) is 42.0 Å². The van der Waals surface area contributed by atoms with Crippen molar-refractivity contribution in [2.24, 2.45) is 0 Å². The third-order valence-electron chi connectivity index (χ3n) is 4.20. The number of rotatable bonds is 5. The van der Waals surface area contributed by atoms with Gasteiger partial charge in [0.15, 0.2) is 9.84 Å². The van der Waals surface area contributed by atoms with Crippen LogP contribution in [0.3, 0.4) is 0 Å². The average Bonchev–Trinajstić information content (AvgIpc) is 3.07. The molecule has 2 fully saturated rings. The number of hydrogen-bond donors (Lipinski definition) is 1. The van der Waals surface area contributed by atoms with Gasteiger partial charge in [0.25, 0.3) is 11.1 Å². The number of hydrogen-bond acceptors (Lipinski definition) is 6. The Balaban J connectivity index is 1.56. The van der Waals surface area contributed by atoms with Crippen molar-refractivity contribution in [1.82, 2.24) is 10.2 Å². The SMILES string of the molecule is O=C(CCN1C(=O)S/C(=C\c2ccc(Cl)cc2)C1=O)N[C@H]1CCS(=O)(=O)C1. The molecule has 2 heterocycles. The van der Waals surface area contributed by atoms with Crippen LogP contribution in [0.2, 0.25) is 5.02 Å². The van der Waals surface area contributed by atoms with Gasteiger partial charge in [-0.1, -0.05) is 23.7 Å². The average molecular weight is 429 g/mol. The van der Waals surface area contributed by atoms with Gasteiger partial charge in [0, 0.05) is 24.0 Å². The van der Waals surface area contributed by atoms with Crippen molar-refractivity contribution in [3.8, 4) is 0 Å². The van der Waals surface area contributed by atoms with Crippen molar-refractivity contribution in [2.45, 2.75) is 18.9 Å². The third-order valence-corrected chi connectivity index (χ3v) is 7.13. The molecule has 0 unspecified atom stereocenters. The molecule has 0 radical (unpaired) electrons. The topological polar surface area (TPSA) is 101 Å². The van der Waals surface area contributed by atoms with Crippen molar-refractivity contribution in [1.29, 1.82) is 0 Å². The second-order valence-corrected chi connectivity index (χ2v) is 9.96. The molecule has 1 aromatic carbocycles. The number of carbonyl (C=O) groups is 3. The number of benzene rings is 1. The Morgan fingerprint density at radius 1 is 1.30 bits per heavy atom. The third kappa shape index (κ3) is 5.12. The first-order valence-electron chi connectivity index (χ1n) is 8.24. The summed E-state index contributed by atoms with van der Waals surface area (Å²) < 4.78 is 22.8. The van der Waals surface area contributed by atoms with Crippen LogP contribution in [-0.2, 0) is 19.4 Å². The fraction of sp³-hybridized carbons (Fsp3) is 0.353. The van der Waals surface area contributed by atoms with Crippen molar-refractivity contribution >= 4 is 56.3 Å². The quantitative estimate of drug-likeness (QED) is 0.720. The van der Waals surface area contributed by atoms with Gasteiger partial charge in [0.2, 0.25) is 5.91 Å². The number of nitrogens with one attached hydrogen (secondary N) is 1. The Bertz CT molecular complexity index is 912. The molecule has 0 saturated carbocycles. The maximum absolute atomic E-state index is 12.4. The minimum Gasteiger partial charge on any atom is -0.352 e. The van der Waals surface area contributed by atoms with Crippen LogP contribution in [0, 0.1) is 0 Å². The van der Waals surface area contributed by atoms with Gasteiger partial charge in [0.05, 0.1) is 16.4 Å². The normalized spacial score (nSPS) is 23.2. The number of amides is 3. The zero-order valence-electron chi connectivity index (χ0n) is 14.2. The van der Waals surface area contributed by atoms with E-state index in [1.54, 1.807) is 30.3 Å². The highest BCUT2D eigenvalue weighted by atomic mass is 35.5. The first kappa shape index (κ1) is 19.9. The van der Waals surface area contributed by atoms with Crippen LogP contribution in [0.5, 0.6) is 0 Å². The van der Waals surface area contributed by atoms with E-state index in [0.29, 0.717) is 11.4 Å². The highest BCUT2D eigenvalue weighted by Gasteiger charge is 2.35. The summed E-state index contributed by atoms with van der Waals surface area (Å²) in [4.78, 5) is 37.8. The van der Waals surface area contributed by atoms with Gasteiger partial charge in [-0.2, -0.15) is 0 Å². The molecule has 2 saturated heterocycles. The van der Waals surface area contributed by atoms with E-state index in [4.69, 9.17) is 11.6 Å². The molecule has 10 heteroatoms. The number of thioether (sulfide) groups is 1. The molecular weight excluding hydrogens is 412 g/mol. The predicted octanol–water partition coefficient (Wildman–Crippen LogP) is 2.07. The summed E-state index contributed by atoms with van der Waals surface area (Å²) in [7, 11) is -3.08. The first-order chi connectivity index (χ1) is 12.7. The van der Waals surface area contributed by atoms with Gasteiger partial charge >= 0.3 is 0 Å². The molecule has 2 aliphatic rings. The molecule has 0 bridgehead atoms. The number of halogens is 1. The summed E-state index contributed by atoms with van der Waals surface area (Å²) in [5, 5.41) is 2.78. The molecule has 1 atom stereocenters. The lowest BCUT2D eigenvalue weighted by atomic mass is 10.2. The van der Waals surface area contributed by atoms with Gasteiger partial charge in [0.1, 0.15) is 0 Å². The minimum atomic E-state index is -3.08. The maximum Gasteiger partial charge on any atom is 0.293 e. The van der Waals surface area contributed by atoms with Crippen molar-refractivity contribution < 1.29 is 22.8 Å². The predicted molar refractivity (Wildman–Crippen MR) is 104 cm³/mol. The maximum atomic E-state index is 12.4. The van der Waals surface area contributed by atoms with E-state index in [1.807, 2.05) is 0 Å². The fourth-order valence-electron chi connectivity index (χ4n) is 2.83. The Morgan fingerprint density at radius 2 is 2.00 bits per heavy atom. The summed E-state index contributed by atoms with van der Waals surface area (Å²) in [6.45, 7) is -0.0477. The van der Waals surface area contributed by atoms with E-state index in [-0.39, 0.29) is 35.3 Å².